The zero-order valence-corrected chi connectivity index (χ0v) is 13.5. The highest BCUT2D eigenvalue weighted by molar-refractivity contribution is 6.11. The van der Waals surface area contributed by atoms with Gasteiger partial charge in [-0.15, -0.1) is 0 Å². The van der Waals surface area contributed by atoms with E-state index in [1.54, 1.807) is 55.6 Å². The molecule has 25 heavy (non-hydrogen) atoms. The molecule has 7 nitrogen and oxygen atoms in total. The Bertz CT molecular complexity index is 993. The molecule has 0 saturated carbocycles. The number of fused-ring (bicyclic) bond motifs is 1. The summed E-state index contributed by atoms with van der Waals surface area (Å²) in [7, 11) is 1.58. The summed E-state index contributed by atoms with van der Waals surface area (Å²) in [6.45, 7) is 0. The first-order valence-corrected chi connectivity index (χ1v) is 7.67. The van der Waals surface area contributed by atoms with E-state index in [9.17, 15) is 14.4 Å². The Labute approximate surface area is 143 Å². The summed E-state index contributed by atoms with van der Waals surface area (Å²) >= 11 is 0. The fourth-order valence-corrected chi connectivity index (χ4v) is 2.46. The van der Waals surface area contributed by atoms with Crippen LogP contribution in [0.15, 0.2) is 53.3 Å². The minimum atomic E-state index is -0.425. The molecule has 3 aromatic rings. The van der Waals surface area contributed by atoms with Crippen LogP contribution in [-0.4, -0.2) is 29.1 Å². The number of hydrogen-bond acceptors (Lipinski definition) is 4. The summed E-state index contributed by atoms with van der Waals surface area (Å²) in [5.41, 5.74) is 1.21. The van der Waals surface area contributed by atoms with E-state index in [0.717, 1.165) is 5.56 Å². The number of benzene rings is 2. The third kappa shape index (κ3) is 3.55. The van der Waals surface area contributed by atoms with Gasteiger partial charge in [0.25, 0.3) is 11.5 Å². The molecule has 0 bridgehead atoms. The van der Waals surface area contributed by atoms with Crippen molar-refractivity contribution in [2.45, 2.75) is 6.42 Å². The third-order valence-corrected chi connectivity index (χ3v) is 3.77. The molecule has 0 saturated heterocycles. The number of hydrogen-bond donors (Lipinski definition) is 3. The highest BCUT2D eigenvalue weighted by atomic mass is 16.2. The first-order valence-electron chi connectivity index (χ1n) is 7.67. The van der Waals surface area contributed by atoms with E-state index in [0.29, 0.717) is 16.5 Å². The number of nitrogens with zero attached hydrogens (tertiary/aromatic N) is 1. The maximum Gasteiger partial charge on any atom is 0.276 e. The molecular formula is C18H16N4O3. The lowest BCUT2D eigenvalue weighted by Gasteiger charge is -2.07. The Kier molecular flexibility index (Phi) is 4.56. The number of nitrogens with one attached hydrogen (secondary N) is 3. The van der Waals surface area contributed by atoms with E-state index in [-0.39, 0.29) is 23.6 Å². The summed E-state index contributed by atoms with van der Waals surface area (Å²) in [5.74, 6) is -0.507. The maximum absolute atomic E-state index is 12.5. The highest BCUT2D eigenvalue weighted by Gasteiger charge is 2.14. The van der Waals surface area contributed by atoms with Crippen molar-refractivity contribution in [2.24, 2.45) is 0 Å². The fraction of sp³-hybridized carbons (Fsp3) is 0.111. The van der Waals surface area contributed by atoms with Crippen LogP contribution in [0.4, 0.5) is 5.69 Å². The van der Waals surface area contributed by atoms with Crippen LogP contribution < -0.4 is 16.2 Å². The van der Waals surface area contributed by atoms with Gasteiger partial charge in [0, 0.05) is 18.1 Å². The van der Waals surface area contributed by atoms with Crippen LogP contribution in [0.1, 0.15) is 16.1 Å². The van der Waals surface area contributed by atoms with Gasteiger partial charge in [-0.3, -0.25) is 14.4 Å². The van der Waals surface area contributed by atoms with Gasteiger partial charge in [-0.1, -0.05) is 30.3 Å². The fourth-order valence-electron chi connectivity index (χ4n) is 2.46. The summed E-state index contributed by atoms with van der Waals surface area (Å²) in [6, 6.07) is 13.7. The quantitative estimate of drug-likeness (QED) is 0.671. The summed E-state index contributed by atoms with van der Waals surface area (Å²) in [4.78, 5) is 35.6. The minimum absolute atomic E-state index is 0.0827. The molecule has 0 unspecified atom stereocenters. The molecule has 0 aliphatic heterocycles. The molecule has 0 atom stereocenters. The molecular weight excluding hydrogens is 320 g/mol. The van der Waals surface area contributed by atoms with E-state index in [1.165, 1.54) is 0 Å². The number of amides is 2. The highest BCUT2D eigenvalue weighted by Crippen LogP contribution is 2.15. The minimum Gasteiger partial charge on any atom is -0.359 e. The molecule has 0 spiro atoms. The van der Waals surface area contributed by atoms with Crippen molar-refractivity contribution >= 4 is 28.3 Å². The van der Waals surface area contributed by atoms with Gasteiger partial charge in [0.15, 0.2) is 5.69 Å². The molecule has 3 N–H and O–H groups in total. The van der Waals surface area contributed by atoms with Crippen LogP contribution in [-0.2, 0) is 11.2 Å². The summed E-state index contributed by atoms with van der Waals surface area (Å²) in [5, 5.41) is 12.4. The Hall–Kier alpha value is -3.48. The number of aromatic amines is 1. The van der Waals surface area contributed by atoms with Gasteiger partial charge in [-0.05, 0) is 23.8 Å². The van der Waals surface area contributed by atoms with Crippen LogP contribution in [0.25, 0.3) is 10.8 Å². The van der Waals surface area contributed by atoms with Crippen molar-refractivity contribution < 1.29 is 9.59 Å². The summed E-state index contributed by atoms with van der Waals surface area (Å²) < 4.78 is 0. The lowest BCUT2D eigenvalue weighted by molar-refractivity contribution is -0.119. The van der Waals surface area contributed by atoms with Crippen LogP contribution in [0.3, 0.4) is 0 Å². The van der Waals surface area contributed by atoms with Crippen molar-refractivity contribution in [1.29, 1.82) is 0 Å². The molecule has 7 heteroatoms. The Morgan fingerprint density at radius 3 is 2.40 bits per heavy atom. The summed E-state index contributed by atoms with van der Waals surface area (Å²) in [6.07, 6.45) is 0.275. The van der Waals surface area contributed by atoms with E-state index in [1.807, 2.05) is 0 Å². The van der Waals surface area contributed by atoms with Gasteiger partial charge < -0.3 is 10.6 Å². The first kappa shape index (κ1) is 16.4. The second-order valence-corrected chi connectivity index (χ2v) is 5.45. The number of carbonyl (C=O) groups excluding carboxylic acids is 2. The smallest absolute Gasteiger partial charge is 0.276 e. The lowest BCUT2D eigenvalue weighted by atomic mass is 10.1. The van der Waals surface area contributed by atoms with E-state index >= 15 is 0 Å². The van der Waals surface area contributed by atoms with Crippen LogP contribution in [0.2, 0.25) is 0 Å². The molecule has 1 aromatic heterocycles. The predicted octanol–water partition coefficient (Wildman–Crippen LogP) is 1.46. The number of carbonyl (C=O) groups is 2. The van der Waals surface area contributed by atoms with Gasteiger partial charge in [0.1, 0.15) is 0 Å². The van der Waals surface area contributed by atoms with E-state index < -0.39 is 5.91 Å². The van der Waals surface area contributed by atoms with Gasteiger partial charge in [0.2, 0.25) is 5.91 Å². The monoisotopic (exact) mass is 336 g/mol. The second kappa shape index (κ2) is 6.96. The van der Waals surface area contributed by atoms with Gasteiger partial charge in [0.05, 0.1) is 11.8 Å². The number of H-pyrrole nitrogens is 1. The van der Waals surface area contributed by atoms with Crippen molar-refractivity contribution in [3.8, 4) is 0 Å². The molecule has 1 heterocycles. The standard InChI is InChI=1S/C18H16N4O3/c1-19-15(23)10-11-6-8-12(9-7-11)20-18(25)16-13-4-2-3-5-14(13)17(24)22-21-16/h2-9H,10H2,1H3,(H,19,23)(H,20,25)(H,22,24). The Morgan fingerprint density at radius 2 is 1.72 bits per heavy atom. The average molecular weight is 336 g/mol. The molecule has 2 amide bonds. The largest absolute Gasteiger partial charge is 0.359 e. The zero-order valence-electron chi connectivity index (χ0n) is 13.5. The third-order valence-electron chi connectivity index (χ3n) is 3.77. The second-order valence-electron chi connectivity index (χ2n) is 5.45. The van der Waals surface area contributed by atoms with Crippen LogP contribution in [0.5, 0.6) is 0 Å². The van der Waals surface area contributed by atoms with Crippen molar-refractivity contribution in [2.75, 3.05) is 12.4 Å². The zero-order chi connectivity index (χ0) is 17.8. The molecule has 0 aliphatic rings. The van der Waals surface area contributed by atoms with Crippen molar-refractivity contribution in [3.63, 3.8) is 0 Å². The normalized spacial score (nSPS) is 10.4. The maximum atomic E-state index is 12.5. The lowest BCUT2D eigenvalue weighted by Crippen LogP contribution is -2.20. The molecule has 2 aromatic carbocycles. The molecule has 3 rings (SSSR count). The topological polar surface area (TPSA) is 104 Å². The SMILES string of the molecule is CNC(=O)Cc1ccc(NC(=O)c2n[nH]c(=O)c3ccccc23)cc1. The number of rotatable bonds is 4. The predicted molar refractivity (Wildman–Crippen MR) is 94.5 cm³/mol. The molecule has 126 valence electrons. The van der Waals surface area contributed by atoms with E-state index in [2.05, 4.69) is 20.8 Å². The molecule has 0 fully saturated rings. The first-order chi connectivity index (χ1) is 12.1. The van der Waals surface area contributed by atoms with Gasteiger partial charge in [-0.2, -0.15) is 5.10 Å². The molecule has 0 radical (unpaired) electrons. The Balaban J connectivity index is 1.82. The molecule has 0 aliphatic carbocycles. The van der Waals surface area contributed by atoms with Crippen molar-refractivity contribution in [3.05, 3.63) is 70.1 Å². The number of aromatic nitrogens is 2. The van der Waals surface area contributed by atoms with Gasteiger partial charge in [-0.25, -0.2) is 5.10 Å². The van der Waals surface area contributed by atoms with Crippen molar-refractivity contribution in [1.82, 2.24) is 15.5 Å². The Morgan fingerprint density at radius 1 is 1.04 bits per heavy atom. The average Bonchev–Trinajstić information content (AvgIpc) is 2.63. The number of anilines is 1. The van der Waals surface area contributed by atoms with Crippen LogP contribution in [0, 0.1) is 0 Å². The van der Waals surface area contributed by atoms with Crippen LogP contribution >= 0.6 is 0 Å². The number of likely N-dealkylation sites (N-methyl/N-ethyl adjacent to an activating group) is 1. The van der Waals surface area contributed by atoms with Gasteiger partial charge >= 0.3 is 0 Å². The van der Waals surface area contributed by atoms with E-state index in [4.69, 9.17) is 0 Å².